The van der Waals surface area contributed by atoms with Crippen molar-refractivity contribution >= 4 is 6.21 Å². The van der Waals surface area contributed by atoms with Crippen molar-refractivity contribution in [3.8, 4) is 11.1 Å². The van der Waals surface area contributed by atoms with Gasteiger partial charge in [0.1, 0.15) is 0 Å². The zero-order valence-corrected chi connectivity index (χ0v) is 16.3. The number of hydrogen-bond donors (Lipinski definition) is 0. The van der Waals surface area contributed by atoms with Crippen molar-refractivity contribution in [2.24, 2.45) is 5.10 Å². The Morgan fingerprint density at radius 1 is 0.786 bits per heavy atom. The number of rotatable bonds is 3. The Morgan fingerprint density at radius 2 is 1.43 bits per heavy atom. The normalized spacial score (nSPS) is 17.1. The molecule has 1 fully saturated rings. The van der Waals surface area contributed by atoms with E-state index in [1.807, 2.05) is 6.21 Å². The van der Waals surface area contributed by atoms with Crippen molar-refractivity contribution in [1.82, 2.24) is 9.91 Å². The Kier molecular flexibility index (Phi) is 4.46. The minimum atomic E-state index is 0.371. The predicted molar refractivity (Wildman–Crippen MR) is 116 cm³/mol. The molecular weight excluding hydrogens is 342 g/mol. The van der Waals surface area contributed by atoms with Gasteiger partial charge in [-0.25, -0.2) is 0 Å². The van der Waals surface area contributed by atoms with Gasteiger partial charge in [-0.05, 0) is 34.7 Å². The summed E-state index contributed by atoms with van der Waals surface area (Å²) >= 11 is 0. The quantitative estimate of drug-likeness (QED) is 0.624. The third kappa shape index (κ3) is 3.12. The van der Waals surface area contributed by atoms with Crippen molar-refractivity contribution in [2.45, 2.75) is 13.0 Å². The van der Waals surface area contributed by atoms with Crippen LogP contribution in [0.2, 0.25) is 0 Å². The van der Waals surface area contributed by atoms with Crippen molar-refractivity contribution in [1.29, 1.82) is 0 Å². The lowest BCUT2D eigenvalue weighted by atomic mass is 10.0. The molecule has 1 aliphatic heterocycles. The number of hydrazone groups is 1. The van der Waals surface area contributed by atoms with Crippen LogP contribution in [-0.2, 0) is 0 Å². The molecule has 3 heteroatoms. The highest BCUT2D eigenvalue weighted by Crippen LogP contribution is 2.46. The second-order valence-electron chi connectivity index (χ2n) is 7.73. The maximum atomic E-state index is 4.73. The number of nitrogens with zero attached hydrogens (tertiary/aromatic N) is 3. The third-order valence-corrected chi connectivity index (χ3v) is 5.87. The summed E-state index contributed by atoms with van der Waals surface area (Å²) in [5.41, 5.74) is 8.11. The number of benzene rings is 3. The van der Waals surface area contributed by atoms with Gasteiger partial charge in [0.05, 0.1) is 12.3 Å². The van der Waals surface area contributed by atoms with Gasteiger partial charge in [-0.15, -0.1) is 0 Å². The van der Waals surface area contributed by atoms with E-state index in [2.05, 4.69) is 89.6 Å². The van der Waals surface area contributed by atoms with E-state index in [1.165, 1.54) is 33.4 Å². The van der Waals surface area contributed by atoms with E-state index in [0.29, 0.717) is 6.04 Å². The van der Waals surface area contributed by atoms with Crippen LogP contribution in [0.4, 0.5) is 0 Å². The lowest BCUT2D eigenvalue weighted by Gasteiger charge is -2.37. The Bertz CT molecular complexity index is 970. The average Bonchev–Trinajstić information content (AvgIpc) is 3.07. The standard InChI is InChI=1S/C25H25N3/c1-19-7-6-8-20(17-19)18-26-28-15-13-27(14-16-28)25-23-11-4-2-9-21(23)22-10-3-5-12-24(22)25/h2-12,17-18,25H,13-16H2,1H3. The molecule has 5 rings (SSSR count). The second kappa shape index (κ2) is 7.25. The first-order chi connectivity index (χ1) is 13.8. The molecule has 0 N–H and O–H groups in total. The summed E-state index contributed by atoms with van der Waals surface area (Å²) in [6.45, 7) is 6.09. The zero-order chi connectivity index (χ0) is 18.9. The first kappa shape index (κ1) is 17.2. The fraction of sp³-hybridized carbons (Fsp3) is 0.240. The van der Waals surface area contributed by atoms with Crippen molar-refractivity contribution in [3.63, 3.8) is 0 Å². The molecule has 1 aliphatic carbocycles. The van der Waals surface area contributed by atoms with Crippen LogP contribution in [0.15, 0.2) is 77.9 Å². The lowest BCUT2D eigenvalue weighted by Crippen LogP contribution is -2.45. The second-order valence-corrected chi connectivity index (χ2v) is 7.73. The van der Waals surface area contributed by atoms with Crippen molar-refractivity contribution in [3.05, 3.63) is 95.1 Å². The molecule has 3 nitrogen and oxygen atoms in total. The van der Waals surface area contributed by atoms with Crippen LogP contribution < -0.4 is 0 Å². The van der Waals surface area contributed by atoms with Crippen LogP contribution in [0.3, 0.4) is 0 Å². The number of fused-ring (bicyclic) bond motifs is 3. The molecule has 0 radical (unpaired) electrons. The van der Waals surface area contributed by atoms with Crippen LogP contribution in [0, 0.1) is 6.92 Å². The van der Waals surface area contributed by atoms with Gasteiger partial charge in [0.15, 0.2) is 0 Å². The number of piperazine rings is 1. The van der Waals surface area contributed by atoms with Gasteiger partial charge >= 0.3 is 0 Å². The Hall–Kier alpha value is -2.91. The summed E-state index contributed by atoms with van der Waals surface area (Å²) in [6, 6.07) is 26.6. The third-order valence-electron chi connectivity index (χ3n) is 5.87. The average molecular weight is 367 g/mol. The summed E-state index contributed by atoms with van der Waals surface area (Å²) in [6.07, 6.45) is 1.99. The van der Waals surface area contributed by atoms with E-state index in [9.17, 15) is 0 Å². The highest BCUT2D eigenvalue weighted by molar-refractivity contribution is 5.80. The highest BCUT2D eigenvalue weighted by atomic mass is 15.5. The van der Waals surface area contributed by atoms with Crippen LogP contribution in [0.1, 0.15) is 28.3 Å². The molecule has 0 aromatic heterocycles. The SMILES string of the molecule is Cc1cccc(C=NN2CCN(C3c4ccccc4-c4ccccc43)CC2)c1. The predicted octanol–water partition coefficient (Wildman–Crippen LogP) is 4.72. The van der Waals surface area contributed by atoms with Crippen LogP contribution in [0.5, 0.6) is 0 Å². The van der Waals surface area contributed by atoms with E-state index < -0.39 is 0 Å². The smallest absolute Gasteiger partial charge is 0.0615 e. The van der Waals surface area contributed by atoms with Crippen LogP contribution in [0.25, 0.3) is 11.1 Å². The Labute approximate surface area is 166 Å². The van der Waals surface area contributed by atoms with Crippen molar-refractivity contribution in [2.75, 3.05) is 26.2 Å². The topological polar surface area (TPSA) is 18.8 Å². The number of hydrogen-bond acceptors (Lipinski definition) is 3. The van der Waals surface area contributed by atoms with Gasteiger partial charge in [-0.3, -0.25) is 9.91 Å². The largest absolute Gasteiger partial charge is 0.294 e. The molecule has 140 valence electrons. The van der Waals surface area contributed by atoms with Gasteiger partial charge in [-0.2, -0.15) is 5.10 Å². The van der Waals surface area contributed by atoms with Gasteiger partial charge in [0, 0.05) is 26.2 Å². The molecular formula is C25H25N3. The monoisotopic (exact) mass is 367 g/mol. The minimum Gasteiger partial charge on any atom is -0.294 e. The van der Waals surface area contributed by atoms with Gasteiger partial charge in [-0.1, -0.05) is 78.4 Å². The number of aryl methyl sites for hydroxylation is 1. The van der Waals surface area contributed by atoms with Gasteiger partial charge in [0.25, 0.3) is 0 Å². The van der Waals surface area contributed by atoms with Gasteiger partial charge in [0.2, 0.25) is 0 Å². The van der Waals surface area contributed by atoms with E-state index in [0.717, 1.165) is 26.2 Å². The molecule has 0 unspecified atom stereocenters. The molecule has 0 atom stereocenters. The van der Waals surface area contributed by atoms with E-state index in [1.54, 1.807) is 0 Å². The van der Waals surface area contributed by atoms with E-state index >= 15 is 0 Å². The Balaban J connectivity index is 1.32. The minimum absolute atomic E-state index is 0.371. The lowest BCUT2D eigenvalue weighted by molar-refractivity contribution is 0.114. The first-order valence-electron chi connectivity index (χ1n) is 10.1. The zero-order valence-electron chi connectivity index (χ0n) is 16.3. The van der Waals surface area contributed by atoms with E-state index in [4.69, 9.17) is 5.10 Å². The molecule has 0 saturated carbocycles. The summed E-state index contributed by atoms with van der Waals surface area (Å²) < 4.78 is 0. The summed E-state index contributed by atoms with van der Waals surface area (Å²) in [7, 11) is 0. The fourth-order valence-corrected chi connectivity index (χ4v) is 4.51. The van der Waals surface area contributed by atoms with Crippen LogP contribution >= 0.6 is 0 Å². The molecule has 0 amide bonds. The molecule has 2 aliphatic rings. The molecule has 0 spiro atoms. The van der Waals surface area contributed by atoms with Crippen LogP contribution in [-0.4, -0.2) is 42.3 Å². The molecule has 1 heterocycles. The summed E-state index contributed by atoms with van der Waals surface area (Å²) in [5, 5.41) is 6.93. The van der Waals surface area contributed by atoms with Gasteiger partial charge < -0.3 is 0 Å². The Morgan fingerprint density at radius 3 is 2.07 bits per heavy atom. The fourth-order valence-electron chi connectivity index (χ4n) is 4.51. The maximum absolute atomic E-state index is 4.73. The summed E-state index contributed by atoms with van der Waals surface area (Å²) in [4.78, 5) is 2.61. The maximum Gasteiger partial charge on any atom is 0.0615 e. The van der Waals surface area contributed by atoms with E-state index in [-0.39, 0.29) is 0 Å². The molecule has 3 aromatic carbocycles. The molecule has 28 heavy (non-hydrogen) atoms. The highest BCUT2D eigenvalue weighted by Gasteiger charge is 2.33. The molecule has 3 aromatic rings. The molecule has 0 bridgehead atoms. The first-order valence-corrected chi connectivity index (χ1v) is 10.1. The van der Waals surface area contributed by atoms with Crippen molar-refractivity contribution < 1.29 is 0 Å². The molecule has 1 saturated heterocycles. The summed E-state index contributed by atoms with van der Waals surface area (Å²) in [5.74, 6) is 0.